The highest BCUT2D eigenvalue weighted by Crippen LogP contribution is 2.19. The van der Waals surface area contributed by atoms with Gasteiger partial charge in [-0.3, -0.25) is 9.59 Å². The molecule has 2 amide bonds. The minimum atomic E-state index is -0.449. The fraction of sp³-hybridized carbons (Fsp3) is 0.150. The molecule has 7 nitrogen and oxygen atoms in total. The number of hydrogen-bond donors (Lipinski definition) is 2. The number of benzene rings is 2. The molecule has 0 spiro atoms. The summed E-state index contributed by atoms with van der Waals surface area (Å²) in [6, 6.07) is 16.8. The summed E-state index contributed by atoms with van der Waals surface area (Å²) in [5, 5.41) is 6.14. The van der Waals surface area contributed by atoms with Crippen LogP contribution in [0.1, 0.15) is 10.4 Å². The lowest BCUT2D eigenvalue weighted by Crippen LogP contribution is -2.36. The molecule has 0 atom stereocenters. The number of fused-ring (bicyclic) bond motifs is 1. The second kappa shape index (κ2) is 8.66. The molecule has 2 N–H and O–H groups in total. The average Bonchev–Trinajstić information content (AvgIpc) is 2.69. The van der Waals surface area contributed by atoms with Crippen LogP contribution in [0.15, 0.2) is 69.9 Å². The Morgan fingerprint density at radius 2 is 1.67 bits per heavy atom. The predicted molar refractivity (Wildman–Crippen MR) is 99.8 cm³/mol. The van der Waals surface area contributed by atoms with Gasteiger partial charge in [-0.15, -0.1) is 0 Å². The summed E-state index contributed by atoms with van der Waals surface area (Å²) in [5.41, 5.74) is 0.508. The Hall–Kier alpha value is -3.61. The number of amides is 2. The second-order valence-electron chi connectivity index (χ2n) is 5.71. The molecule has 0 aliphatic heterocycles. The van der Waals surface area contributed by atoms with Gasteiger partial charge in [-0.05, 0) is 30.3 Å². The second-order valence-corrected chi connectivity index (χ2v) is 5.71. The molecule has 27 heavy (non-hydrogen) atoms. The lowest BCUT2D eigenvalue weighted by molar-refractivity contribution is -0.123. The quantitative estimate of drug-likeness (QED) is 0.490. The van der Waals surface area contributed by atoms with Gasteiger partial charge in [-0.2, -0.15) is 0 Å². The van der Waals surface area contributed by atoms with Crippen molar-refractivity contribution in [3.63, 3.8) is 0 Å². The summed E-state index contributed by atoms with van der Waals surface area (Å²) in [7, 11) is 0. The van der Waals surface area contributed by atoms with E-state index in [4.69, 9.17) is 9.15 Å². The van der Waals surface area contributed by atoms with E-state index in [1.165, 1.54) is 6.07 Å². The first-order valence-electron chi connectivity index (χ1n) is 8.38. The topological polar surface area (TPSA) is 97.6 Å². The van der Waals surface area contributed by atoms with Gasteiger partial charge in [0.2, 0.25) is 0 Å². The SMILES string of the molecule is O=C(COc1ccc2ccc(=O)oc2c1)NCCNC(=O)c1ccccc1. The number of hydrogen-bond acceptors (Lipinski definition) is 5. The van der Waals surface area contributed by atoms with E-state index in [1.807, 2.05) is 6.07 Å². The number of rotatable bonds is 7. The molecule has 138 valence electrons. The van der Waals surface area contributed by atoms with Crippen molar-refractivity contribution in [2.75, 3.05) is 19.7 Å². The largest absolute Gasteiger partial charge is 0.484 e. The maximum absolute atomic E-state index is 11.9. The maximum Gasteiger partial charge on any atom is 0.336 e. The normalized spacial score (nSPS) is 10.4. The van der Waals surface area contributed by atoms with E-state index in [-0.39, 0.29) is 25.0 Å². The van der Waals surface area contributed by atoms with Gasteiger partial charge in [0.25, 0.3) is 11.8 Å². The molecule has 3 rings (SSSR count). The third-order valence-electron chi connectivity index (χ3n) is 3.73. The first-order chi connectivity index (χ1) is 13.1. The summed E-state index contributed by atoms with van der Waals surface area (Å²) >= 11 is 0. The van der Waals surface area contributed by atoms with Crippen LogP contribution in [-0.2, 0) is 4.79 Å². The van der Waals surface area contributed by atoms with Crippen molar-refractivity contribution >= 4 is 22.8 Å². The monoisotopic (exact) mass is 366 g/mol. The number of carbonyl (C=O) groups is 2. The van der Waals surface area contributed by atoms with Gasteiger partial charge in [0.05, 0.1) is 0 Å². The van der Waals surface area contributed by atoms with Crippen molar-refractivity contribution in [2.45, 2.75) is 0 Å². The first-order valence-corrected chi connectivity index (χ1v) is 8.38. The lowest BCUT2D eigenvalue weighted by Gasteiger charge is -2.09. The van der Waals surface area contributed by atoms with Crippen molar-refractivity contribution in [1.82, 2.24) is 10.6 Å². The molecule has 0 aliphatic carbocycles. The molecule has 0 bridgehead atoms. The lowest BCUT2D eigenvalue weighted by atomic mass is 10.2. The predicted octanol–water partition coefficient (Wildman–Crippen LogP) is 1.72. The van der Waals surface area contributed by atoms with Crippen LogP contribution >= 0.6 is 0 Å². The van der Waals surface area contributed by atoms with Gasteiger partial charge < -0.3 is 19.8 Å². The highest BCUT2D eigenvalue weighted by Gasteiger charge is 2.06. The third-order valence-corrected chi connectivity index (χ3v) is 3.73. The maximum atomic E-state index is 11.9. The van der Waals surface area contributed by atoms with Crippen LogP contribution in [0.5, 0.6) is 5.75 Å². The number of nitrogens with one attached hydrogen (secondary N) is 2. The fourth-order valence-electron chi connectivity index (χ4n) is 2.40. The summed E-state index contributed by atoms with van der Waals surface area (Å²) in [6.45, 7) is 0.406. The smallest absolute Gasteiger partial charge is 0.336 e. The van der Waals surface area contributed by atoms with Gasteiger partial charge in [0.15, 0.2) is 6.61 Å². The van der Waals surface area contributed by atoms with Crippen LogP contribution in [0.2, 0.25) is 0 Å². The van der Waals surface area contributed by atoms with Gasteiger partial charge in [0.1, 0.15) is 11.3 Å². The highest BCUT2D eigenvalue weighted by molar-refractivity contribution is 5.94. The van der Waals surface area contributed by atoms with Gasteiger partial charge in [0, 0.05) is 36.2 Å². The molecule has 1 aromatic heterocycles. The Morgan fingerprint density at radius 1 is 0.926 bits per heavy atom. The molecule has 0 saturated heterocycles. The number of carbonyl (C=O) groups excluding carboxylic acids is 2. The van der Waals surface area contributed by atoms with Crippen LogP contribution in [0.3, 0.4) is 0 Å². The molecule has 0 saturated carbocycles. The molecular weight excluding hydrogens is 348 g/mol. The zero-order chi connectivity index (χ0) is 19.1. The van der Waals surface area contributed by atoms with Gasteiger partial charge in [-0.1, -0.05) is 18.2 Å². The summed E-state index contributed by atoms with van der Waals surface area (Å²) in [4.78, 5) is 34.9. The molecular formula is C20H18N2O5. The molecule has 0 fully saturated rings. The first kappa shape index (κ1) is 18.2. The molecule has 0 radical (unpaired) electrons. The van der Waals surface area contributed by atoms with Crippen molar-refractivity contribution in [3.8, 4) is 5.75 Å². The van der Waals surface area contributed by atoms with E-state index >= 15 is 0 Å². The standard InChI is InChI=1S/C20H18N2O5/c23-18(21-10-11-22-20(25)15-4-2-1-3-5-15)13-26-16-8-6-14-7-9-19(24)27-17(14)12-16/h1-9,12H,10-11,13H2,(H,21,23)(H,22,25). The van der Waals surface area contributed by atoms with Crippen LogP contribution in [0.4, 0.5) is 0 Å². The summed E-state index contributed by atoms with van der Waals surface area (Å²) in [6.07, 6.45) is 0. The Bertz CT molecular complexity index is 998. The molecule has 0 unspecified atom stereocenters. The summed E-state index contributed by atoms with van der Waals surface area (Å²) < 4.78 is 10.5. The van der Waals surface area contributed by atoms with E-state index in [2.05, 4.69) is 10.6 Å². The van der Waals surface area contributed by atoms with E-state index in [0.717, 1.165) is 5.39 Å². The molecule has 1 heterocycles. The minimum absolute atomic E-state index is 0.185. The highest BCUT2D eigenvalue weighted by atomic mass is 16.5. The van der Waals surface area contributed by atoms with Gasteiger partial charge >= 0.3 is 5.63 Å². The zero-order valence-electron chi connectivity index (χ0n) is 14.4. The van der Waals surface area contributed by atoms with Crippen LogP contribution in [0, 0.1) is 0 Å². The van der Waals surface area contributed by atoms with E-state index < -0.39 is 5.63 Å². The molecule has 0 aliphatic rings. The van der Waals surface area contributed by atoms with Crippen molar-refractivity contribution in [1.29, 1.82) is 0 Å². The van der Waals surface area contributed by atoms with Crippen molar-refractivity contribution in [2.24, 2.45) is 0 Å². The zero-order valence-corrected chi connectivity index (χ0v) is 14.4. The molecule has 3 aromatic rings. The van der Waals surface area contributed by atoms with Crippen molar-refractivity contribution < 1.29 is 18.7 Å². The average molecular weight is 366 g/mol. The van der Waals surface area contributed by atoms with Crippen LogP contribution in [-0.4, -0.2) is 31.5 Å². The fourth-order valence-corrected chi connectivity index (χ4v) is 2.40. The summed E-state index contributed by atoms with van der Waals surface area (Å²) in [5.74, 6) is -0.0956. The molecule has 2 aromatic carbocycles. The van der Waals surface area contributed by atoms with Crippen LogP contribution < -0.4 is 21.0 Å². The van der Waals surface area contributed by atoms with E-state index in [1.54, 1.807) is 48.5 Å². The Kier molecular flexibility index (Phi) is 5.84. The van der Waals surface area contributed by atoms with Crippen molar-refractivity contribution in [3.05, 3.63) is 76.6 Å². The third kappa shape index (κ3) is 5.18. The van der Waals surface area contributed by atoms with Gasteiger partial charge in [-0.25, -0.2) is 4.79 Å². The van der Waals surface area contributed by atoms with Crippen LogP contribution in [0.25, 0.3) is 11.0 Å². The van der Waals surface area contributed by atoms with E-state index in [9.17, 15) is 14.4 Å². The van der Waals surface area contributed by atoms with E-state index in [0.29, 0.717) is 23.4 Å². The minimum Gasteiger partial charge on any atom is -0.484 e. The Morgan fingerprint density at radius 3 is 2.48 bits per heavy atom. The Balaban J connectivity index is 1.41. The Labute approximate surface area is 154 Å². The molecule has 7 heteroatoms. The number of ether oxygens (including phenoxy) is 1.